The topological polar surface area (TPSA) is 78.4 Å². The predicted molar refractivity (Wildman–Crippen MR) is 39.2 cm³/mol. The largest absolute Gasteiger partial charge is 0.480 e. The zero-order valence-corrected chi connectivity index (χ0v) is 6.39. The summed E-state index contributed by atoms with van der Waals surface area (Å²) >= 11 is 0. The lowest BCUT2D eigenvalue weighted by atomic mass is 10.4. The maximum Gasteiger partial charge on any atom is 0.317 e. The van der Waals surface area contributed by atoms with E-state index in [-0.39, 0.29) is 12.5 Å². The number of rotatable bonds is 5. The number of nitrogens with one attached hydrogen (secondary N) is 2. The molecule has 0 saturated heterocycles. The highest BCUT2D eigenvalue weighted by Crippen LogP contribution is 1.74. The Hall–Kier alpha value is -1.10. The highest BCUT2D eigenvalue weighted by atomic mass is 16.4. The molecule has 11 heavy (non-hydrogen) atoms. The van der Waals surface area contributed by atoms with Gasteiger partial charge in [0.1, 0.15) is 0 Å². The Morgan fingerprint density at radius 2 is 2.09 bits per heavy atom. The Kier molecular flexibility index (Phi) is 5.10. The third kappa shape index (κ3) is 6.79. The van der Waals surface area contributed by atoms with Crippen molar-refractivity contribution in [2.75, 3.05) is 20.1 Å². The van der Waals surface area contributed by atoms with Gasteiger partial charge in [-0.25, -0.2) is 0 Å². The molecule has 0 aromatic carbocycles. The summed E-state index contributed by atoms with van der Waals surface area (Å²) < 4.78 is 0. The summed E-state index contributed by atoms with van der Waals surface area (Å²) in [5, 5.41) is 13.2. The lowest BCUT2D eigenvalue weighted by molar-refractivity contribution is -0.136. The molecule has 0 saturated carbocycles. The summed E-state index contributed by atoms with van der Waals surface area (Å²) in [7, 11) is 1.54. The van der Waals surface area contributed by atoms with E-state index in [1.165, 1.54) is 0 Å². The van der Waals surface area contributed by atoms with Gasteiger partial charge in [0.25, 0.3) is 0 Å². The standard InChI is InChI=1S/C6H12N2O3/c1-7-5(9)2-3-8-4-6(10)11/h8H,2-4H2,1H3,(H,7,9)(H,10,11). The molecule has 0 fully saturated rings. The van der Waals surface area contributed by atoms with Gasteiger partial charge in [0.2, 0.25) is 5.91 Å². The molecule has 0 aliphatic carbocycles. The number of hydrogen-bond acceptors (Lipinski definition) is 3. The van der Waals surface area contributed by atoms with Gasteiger partial charge in [0.05, 0.1) is 6.54 Å². The molecule has 64 valence electrons. The fourth-order valence-corrected chi connectivity index (χ4v) is 0.522. The third-order valence-corrected chi connectivity index (χ3v) is 1.08. The van der Waals surface area contributed by atoms with Crippen LogP contribution < -0.4 is 10.6 Å². The highest BCUT2D eigenvalue weighted by molar-refractivity contribution is 5.75. The van der Waals surface area contributed by atoms with Crippen molar-refractivity contribution in [2.24, 2.45) is 0 Å². The Labute approximate surface area is 64.8 Å². The summed E-state index contributed by atoms with van der Waals surface area (Å²) in [6.07, 6.45) is 0.309. The normalized spacial score (nSPS) is 9.18. The van der Waals surface area contributed by atoms with Crippen molar-refractivity contribution < 1.29 is 14.7 Å². The SMILES string of the molecule is CNC(=O)CCNCC(=O)O. The van der Waals surface area contributed by atoms with Gasteiger partial charge in [0.15, 0.2) is 0 Å². The van der Waals surface area contributed by atoms with E-state index in [4.69, 9.17) is 5.11 Å². The van der Waals surface area contributed by atoms with Crippen LogP contribution in [0.1, 0.15) is 6.42 Å². The molecular formula is C6H12N2O3. The first-order valence-electron chi connectivity index (χ1n) is 3.30. The Balaban J connectivity index is 3.14. The molecule has 0 bridgehead atoms. The third-order valence-electron chi connectivity index (χ3n) is 1.08. The first kappa shape index (κ1) is 9.90. The molecule has 0 heterocycles. The highest BCUT2D eigenvalue weighted by Gasteiger charge is 1.98. The summed E-state index contributed by atoms with van der Waals surface area (Å²) in [5.74, 6) is -1.01. The summed E-state index contributed by atoms with van der Waals surface area (Å²) in [6.45, 7) is 0.295. The number of carbonyl (C=O) groups is 2. The molecule has 0 aliphatic heterocycles. The van der Waals surface area contributed by atoms with Gasteiger partial charge in [-0.2, -0.15) is 0 Å². The van der Waals surface area contributed by atoms with E-state index < -0.39 is 5.97 Å². The number of hydrogen-bond donors (Lipinski definition) is 3. The van der Waals surface area contributed by atoms with Crippen molar-refractivity contribution in [3.8, 4) is 0 Å². The minimum Gasteiger partial charge on any atom is -0.480 e. The molecule has 0 aromatic heterocycles. The van der Waals surface area contributed by atoms with E-state index in [0.29, 0.717) is 13.0 Å². The minimum atomic E-state index is -0.915. The fourth-order valence-electron chi connectivity index (χ4n) is 0.522. The minimum absolute atomic E-state index is 0.0945. The van der Waals surface area contributed by atoms with Crippen LogP contribution in [-0.4, -0.2) is 37.1 Å². The van der Waals surface area contributed by atoms with Crippen molar-refractivity contribution in [1.29, 1.82) is 0 Å². The van der Waals surface area contributed by atoms with Crippen LogP contribution in [0.25, 0.3) is 0 Å². The van der Waals surface area contributed by atoms with Crippen LogP contribution >= 0.6 is 0 Å². The zero-order chi connectivity index (χ0) is 8.69. The van der Waals surface area contributed by atoms with Gasteiger partial charge in [-0.05, 0) is 0 Å². The summed E-state index contributed by atoms with van der Waals surface area (Å²) in [6, 6.07) is 0. The molecule has 0 rings (SSSR count). The van der Waals surface area contributed by atoms with Crippen molar-refractivity contribution in [3.63, 3.8) is 0 Å². The molecule has 5 heteroatoms. The monoisotopic (exact) mass is 160 g/mol. The van der Waals surface area contributed by atoms with Gasteiger partial charge in [-0.3, -0.25) is 9.59 Å². The maximum atomic E-state index is 10.6. The molecule has 0 unspecified atom stereocenters. The lowest BCUT2D eigenvalue weighted by Gasteiger charge is -1.99. The first-order chi connectivity index (χ1) is 5.16. The van der Waals surface area contributed by atoms with E-state index in [9.17, 15) is 9.59 Å². The number of amides is 1. The van der Waals surface area contributed by atoms with Crippen LogP contribution in [0.3, 0.4) is 0 Å². The average Bonchev–Trinajstić information content (AvgIpc) is 1.97. The predicted octanol–water partition coefficient (Wildman–Crippen LogP) is -1.20. The van der Waals surface area contributed by atoms with Crippen LogP contribution in [-0.2, 0) is 9.59 Å². The fraction of sp³-hybridized carbons (Fsp3) is 0.667. The van der Waals surface area contributed by atoms with Crippen LogP contribution in [0.2, 0.25) is 0 Å². The smallest absolute Gasteiger partial charge is 0.317 e. The van der Waals surface area contributed by atoms with Crippen molar-refractivity contribution in [1.82, 2.24) is 10.6 Å². The van der Waals surface area contributed by atoms with Crippen molar-refractivity contribution in [3.05, 3.63) is 0 Å². The molecule has 5 nitrogen and oxygen atoms in total. The molecular weight excluding hydrogens is 148 g/mol. The van der Waals surface area contributed by atoms with E-state index in [1.54, 1.807) is 7.05 Å². The average molecular weight is 160 g/mol. The number of aliphatic carboxylic acids is 1. The van der Waals surface area contributed by atoms with Gasteiger partial charge in [-0.1, -0.05) is 0 Å². The van der Waals surface area contributed by atoms with E-state index in [1.807, 2.05) is 0 Å². The molecule has 0 radical (unpaired) electrons. The van der Waals surface area contributed by atoms with Gasteiger partial charge < -0.3 is 15.7 Å². The van der Waals surface area contributed by atoms with Crippen LogP contribution in [0, 0.1) is 0 Å². The van der Waals surface area contributed by atoms with Crippen molar-refractivity contribution >= 4 is 11.9 Å². The summed E-state index contributed by atoms with van der Waals surface area (Å²) in [5.41, 5.74) is 0. The number of carboxylic acids is 1. The van der Waals surface area contributed by atoms with E-state index in [0.717, 1.165) is 0 Å². The van der Waals surface area contributed by atoms with Gasteiger partial charge in [0, 0.05) is 20.0 Å². The second kappa shape index (κ2) is 5.67. The zero-order valence-electron chi connectivity index (χ0n) is 6.39. The Morgan fingerprint density at radius 1 is 1.45 bits per heavy atom. The number of carbonyl (C=O) groups excluding carboxylic acids is 1. The lowest BCUT2D eigenvalue weighted by Crippen LogP contribution is -2.28. The Bertz CT molecular complexity index is 147. The molecule has 0 spiro atoms. The quantitative estimate of drug-likeness (QED) is 0.441. The first-order valence-corrected chi connectivity index (χ1v) is 3.30. The second-order valence-corrected chi connectivity index (χ2v) is 1.99. The summed E-state index contributed by atoms with van der Waals surface area (Å²) in [4.78, 5) is 20.5. The van der Waals surface area contributed by atoms with Crippen LogP contribution in [0.4, 0.5) is 0 Å². The second-order valence-electron chi connectivity index (χ2n) is 1.99. The molecule has 0 atom stereocenters. The van der Waals surface area contributed by atoms with Gasteiger partial charge in [-0.15, -0.1) is 0 Å². The van der Waals surface area contributed by atoms with Crippen LogP contribution in [0.5, 0.6) is 0 Å². The Morgan fingerprint density at radius 3 is 2.55 bits per heavy atom. The van der Waals surface area contributed by atoms with E-state index >= 15 is 0 Å². The number of carboxylic acid groups (broad SMARTS) is 1. The van der Waals surface area contributed by atoms with Crippen LogP contribution in [0.15, 0.2) is 0 Å². The van der Waals surface area contributed by atoms with E-state index in [2.05, 4.69) is 10.6 Å². The van der Waals surface area contributed by atoms with Crippen molar-refractivity contribution in [2.45, 2.75) is 6.42 Å². The maximum absolute atomic E-state index is 10.6. The molecule has 3 N–H and O–H groups in total. The van der Waals surface area contributed by atoms with Gasteiger partial charge >= 0.3 is 5.97 Å². The molecule has 0 aliphatic rings. The molecule has 0 aromatic rings. The molecule has 1 amide bonds.